The molecule has 0 radical (unpaired) electrons. The van der Waals surface area contributed by atoms with Crippen LogP contribution in [0.1, 0.15) is 57.0 Å². The summed E-state index contributed by atoms with van der Waals surface area (Å²) in [4.78, 5) is 20.4. The highest BCUT2D eigenvalue weighted by atomic mass is 32.2. The Balaban J connectivity index is 0.000000623. The fraction of sp³-hybridized carbons (Fsp3) is 0.458. The number of hydrogen-bond donors (Lipinski definition) is 2. The van der Waals surface area contributed by atoms with Gasteiger partial charge in [0.15, 0.2) is 11.3 Å². The summed E-state index contributed by atoms with van der Waals surface area (Å²) in [5.74, 6) is 1.72. The monoisotopic (exact) mass is 503 g/mol. The third-order valence-electron chi connectivity index (χ3n) is 5.79. The number of H-pyrrole nitrogens is 1. The van der Waals surface area contributed by atoms with E-state index < -0.39 is 10.0 Å². The van der Waals surface area contributed by atoms with Gasteiger partial charge in [-0.2, -0.15) is 0 Å². The van der Waals surface area contributed by atoms with Gasteiger partial charge < -0.3 is 14.5 Å². The summed E-state index contributed by atoms with van der Waals surface area (Å²) < 4.78 is 38.8. The molecule has 0 atom stereocenters. The topological polar surface area (TPSA) is 128 Å². The molecule has 1 aliphatic rings. The molecule has 3 aromatic rings. The van der Waals surface area contributed by atoms with E-state index in [4.69, 9.17) is 4.74 Å². The number of ether oxygens (including phenoxy) is 2. The van der Waals surface area contributed by atoms with Crippen LogP contribution in [0.4, 0.5) is 0 Å². The first kappa shape index (κ1) is 26.4. The van der Waals surface area contributed by atoms with Crippen LogP contribution in [0.5, 0.6) is 5.75 Å². The van der Waals surface area contributed by atoms with E-state index in [2.05, 4.69) is 31.1 Å². The van der Waals surface area contributed by atoms with Crippen molar-refractivity contribution in [2.45, 2.75) is 57.3 Å². The number of aromatic amines is 1. The number of hydrogen-bond acceptors (Lipinski definition) is 7. The normalized spacial score (nSPS) is 13.9. The molecule has 0 bridgehead atoms. The summed E-state index contributed by atoms with van der Waals surface area (Å²) in [7, 11) is -2.33. The van der Waals surface area contributed by atoms with Gasteiger partial charge in [-0.05, 0) is 58.9 Å². The van der Waals surface area contributed by atoms with Gasteiger partial charge in [0, 0.05) is 5.92 Å². The molecule has 1 saturated carbocycles. The minimum absolute atomic E-state index is 0.0593. The van der Waals surface area contributed by atoms with E-state index in [1.165, 1.54) is 25.4 Å². The quantitative estimate of drug-likeness (QED) is 0.450. The number of aromatic nitrogens is 4. The number of fused-ring (bicyclic) bond motifs is 1. The first-order chi connectivity index (χ1) is 16.8. The van der Waals surface area contributed by atoms with Crippen molar-refractivity contribution in [2.24, 2.45) is 0 Å². The Morgan fingerprint density at radius 3 is 2.54 bits per heavy atom. The van der Waals surface area contributed by atoms with Crippen LogP contribution < -0.4 is 15.0 Å². The van der Waals surface area contributed by atoms with E-state index >= 15 is 0 Å². The van der Waals surface area contributed by atoms with E-state index in [9.17, 15) is 13.2 Å². The molecule has 0 saturated heterocycles. The van der Waals surface area contributed by atoms with Gasteiger partial charge in [0.1, 0.15) is 11.6 Å². The van der Waals surface area contributed by atoms with E-state index in [-0.39, 0.29) is 22.2 Å². The number of benzene rings is 1. The Kier molecular flexibility index (Phi) is 8.68. The van der Waals surface area contributed by atoms with Crippen molar-refractivity contribution in [1.82, 2.24) is 24.3 Å². The highest BCUT2D eigenvalue weighted by molar-refractivity contribution is 7.89. The molecule has 2 aromatic heterocycles. The van der Waals surface area contributed by atoms with Gasteiger partial charge >= 0.3 is 0 Å². The standard InChI is InChI=1S/C20H25N5O4S.C4H8O/c1-4-29-16-10-9-14(30(27,28)21-3)11-15(16)18-23-20(26)17-12(2)22-19(25(17)24-18)13-7-5-6-8-13;1-3-5-4-2/h9-11,13,21H,4-8H2,1-3H3,(H,23,24,26);3H,1,4H2,2H3. The summed E-state index contributed by atoms with van der Waals surface area (Å²) in [5, 5.41) is 4.67. The summed E-state index contributed by atoms with van der Waals surface area (Å²) in [6.45, 7) is 9.99. The van der Waals surface area contributed by atoms with Gasteiger partial charge in [-0.3, -0.25) is 4.79 Å². The van der Waals surface area contributed by atoms with Crippen molar-refractivity contribution in [3.05, 3.63) is 52.9 Å². The smallest absolute Gasteiger partial charge is 0.277 e. The van der Waals surface area contributed by atoms with Crippen molar-refractivity contribution in [2.75, 3.05) is 20.3 Å². The summed E-state index contributed by atoms with van der Waals surface area (Å²) in [6, 6.07) is 4.49. The Morgan fingerprint density at radius 1 is 1.26 bits per heavy atom. The third kappa shape index (κ3) is 5.73. The van der Waals surface area contributed by atoms with Gasteiger partial charge in [-0.25, -0.2) is 22.6 Å². The van der Waals surface area contributed by atoms with Gasteiger partial charge in [0.25, 0.3) is 5.56 Å². The molecule has 1 fully saturated rings. The lowest BCUT2D eigenvalue weighted by Gasteiger charge is -2.13. The molecule has 0 spiro atoms. The van der Waals surface area contributed by atoms with Crippen LogP contribution >= 0.6 is 0 Å². The predicted molar refractivity (Wildman–Crippen MR) is 134 cm³/mol. The van der Waals surface area contributed by atoms with E-state index in [0.29, 0.717) is 29.1 Å². The minimum atomic E-state index is -3.67. The predicted octanol–water partition coefficient (Wildman–Crippen LogP) is 3.52. The van der Waals surface area contributed by atoms with Gasteiger partial charge in [0.05, 0.1) is 35.6 Å². The van der Waals surface area contributed by atoms with Gasteiger partial charge in [-0.15, -0.1) is 5.10 Å². The maximum Gasteiger partial charge on any atom is 0.277 e. The molecule has 0 aliphatic heterocycles. The maximum absolute atomic E-state index is 12.9. The summed E-state index contributed by atoms with van der Waals surface area (Å²) in [6.07, 6.45) is 5.73. The average molecular weight is 504 g/mol. The van der Waals surface area contributed by atoms with E-state index in [1.807, 2.05) is 13.8 Å². The Hall–Kier alpha value is -3.18. The molecule has 11 heteroatoms. The highest BCUT2D eigenvalue weighted by Crippen LogP contribution is 2.34. The lowest BCUT2D eigenvalue weighted by Crippen LogP contribution is -2.19. The van der Waals surface area contributed by atoms with Gasteiger partial charge in [-0.1, -0.05) is 19.4 Å². The molecule has 4 rings (SSSR count). The second kappa shape index (κ2) is 11.5. The summed E-state index contributed by atoms with van der Waals surface area (Å²) in [5.41, 5.74) is 1.13. The van der Waals surface area contributed by atoms with Crippen molar-refractivity contribution >= 4 is 15.5 Å². The largest absolute Gasteiger partial charge is 0.502 e. The second-order valence-electron chi connectivity index (χ2n) is 8.02. The SMILES string of the molecule is C=COCC.CCOc1ccc(S(=O)(=O)NC)cc1-c1nn2c(C3CCCC3)nc(C)c2c(=O)[nH]1. The number of sulfonamides is 1. The molecule has 190 valence electrons. The van der Waals surface area contributed by atoms with Crippen LogP contribution in [0.3, 0.4) is 0 Å². The van der Waals surface area contributed by atoms with Crippen LogP contribution in [-0.4, -0.2) is 48.3 Å². The third-order valence-corrected chi connectivity index (χ3v) is 7.20. The van der Waals surface area contributed by atoms with Crippen molar-refractivity contribution in [1.29, 1.82) is 0 Å². The second-order valence-corrected chi connectivity index (χ2v) is 9.91. The maximum atomic E-state index is 12.9. The Morgan fingerprint density at radius 2 is 1.97 bits per heavy atom. The van der Waals surface area contributed by atoms with Crippen LogP contribution in [-0.2, 0) is 14.8 Å². The number of rotatable bonds is 8. The van der Waals surface area contributed by atoms with Crippen molar-refractivity contribution in [3.8, 4) is 17.1 Å². The number of nitrogens with one attached hydrogen (secondary N) is 2. The summed E-state index contributed by atoms with van der Waals surface area (Å²) >= 11 is 0. The molecular formula is C24H33N5O5S. The highest BCUT2D eigenvalue weighted by Gasteiger charge is 2.25. The van der Waals surface area contributed by atoms with Crippen LogP contribution in [0.25, 0.3) is 16.9 Å². The molecule has 1 aliphatic carbocycles. The van der Waals surface area contributed by atoms with Crippen LogP contribution in [0, 0.1) is 6.92 Å². The van der Waals surface area contributed by atoms with Crippen molar-refractivity contribution in [3.63, 3.8) is 0 Å². The lowest BCUT2D eigenvalue weighted by atomic mass is 10.1. The van der Waals surface area contributed by atoms with E-state index in [1.54, 1.807) is 17.5 Å². The number of nitrogens with zero attached hydrogens (tertiary/aromatic N) is 3. The zero-order chi connectivity index (χ0) is 25.6. The molecule has 1 aromatic carbocycles. The van der Waals surface area contributed by atoms with Gasteiger partial charge in [0.2, 0.25) is 10.0 Å². The molecule has 35 heavy (non-hydrogen) atoms. The van der Waals surface area contributed by atoms with E-state index in [0.717, 1.165) is 38.1 Å². The molecule has 0 amide bonds. The average Bonchev–Trinajstić information content (AvgIpc) is 3.48. The first-order valence-corrected chi connectivity index (χ1v) is 13.2. The van der Waals surface area contributed by atoms with Crippen LogP contribution in [0.15, 0.2) is 40.7 Å². The molecular weight excluding hydrogens is 470 g/mol. The van der Waals surface area contributed by atoms with Crippen LogP contribution in [0.2, 0.25) is 0 Å². The molecule has 2 N–H and O–H groups in total. The molecule has 0 unspecified atom stereocenters. The number of aryl methyl sites for hydroxylation is 1. The number of imidazole rings is 1. The molecule has 2 heterocycles. The first-order valence-electron chi connectivity index (χ1n) is 11.7. The zero-order valence-electron chi connectivity index (χ0n) is 20.6. The Bertz CT molecular complexity index is 1340. The molecule has 10 nitrogen and oxygen atoms in total. The fourth-order valence-electron chi connectivity index (χ4n) is 4.14. The Labute approximate surface area is 205 Å². The zero-order valence-corrected chi connectivity index (χ0v) is 21.4. The van der Waals surface area contributed by atoms with Crippen molar-refractivity contribution < 1.29 is 17.9 Å². The fourth-order valence-corrected chi connectivity index (χ4v) is 4.90. The minimum Gasteiger partial charge on any atom is -0.502 e. The lowest BCUT2D eigenvalue weighted by molar-refractivity contribution is 0.270.